The number of carbonyl (C=O) groups is 1. The lowest BCUT2D eigenvalue weighted by molar-refractivity contribution is 0.0556. The number of ether oxygens (including phenoxy) is 1. The second kappa shape index (κ2) is 4.78. The second-order valence-electron chi connectivity index (χ2n) is 3.45. The topological polar surface area (TPSA) is 65.2 Å². The van der Waals surface area contributed by atoms with E-state index in [1.807, 2.05) is 24.3 Å². The summed E-state index contributed by atoms with van der Waals surface area (Å²) in [5, 5.41) is 7.41. The molecule has 0 aliphatic carbocycles. The van der Waals surface area contributed by atoms with Crippen LogP contribution in [-0.4, -0.2) is 23.3 Å². The lowest BCUT2D eigenvalue weighted by Gasteiger charge is -1.97. The average Bonchev–Trinajstić information content (AvgIpc) is 2.87. The number of aromatic nitrogens is 2. The van der Waals surface area contributed by atoms with Crippen molar-refractivity contribution >= 4 is 5.97 Å². The fraction of sp³-hybridized carbons (Fsp3) is 0.250. The minimum absolute atomic E-state index is 0.137. The van der Waals surface area contributed by atoms with Crippen LogP contribution < -0.4 is 0 Å². The molecule has 1 heterocycles. The zero-order chi connectivity index (χ0) is 12.3. The normalized spacial score (nSPS) is 10.2. The molecular formula is C12H12N2O3. The van der Waals surface area contributed by atoms with Crippen molar-refractivity contribution in [2.24, 2.45) is 0 Å². The Hall–Kier alpha value is -2.17. The monoisotopic (exact) mass is 232 g/mol. The highest BCUT2D eigenvalue weighted by atomic mass is 16.5. The fourth-order valence-corrected chi connectivity index (χ4v) is 1.39. The van der Waals surface area contributed by atoms with Crippen LogP contribution in [0.1, 0.15) is 23.2 Å². The third-order valence-electron chi connectivity index (χ3n) is 2.39. The van der Waals surface area contributed by atoms with Crippen molar-refractivity contribution < 1.29 is 13.9 Å². The number of hydrogen-bond acceptors (Lipinski definition) is 5. The Balaban J connectivity index is 2.27. The summed E-state index contributed by atoms with van der Waals surface area (Å²) < 4.78 is 9.69. The Morgan fingerprint density at radius 1 is 1.29 bits per heavy atom. The first kappa shape index (κ1) is 11.3. The van der Waals surface area contributed by atoms with E-state index in [2.05, 4.69) is 21.9 Å². The van der Waals surface area contributed by atoms with Crippen molar-refractivity contribution in [1.29, 1.82) is 0 Å². The van der Waals surface area contributed by atoms with E-state index in [4.69, 9.17) is 4.42 Å². The molecule has 0 saturated carbocycles. The van der Waals surface area contributed by atoms with Crippen LogP contribution in [0.4, 0.5) is 0 Å². The molecule has 0 aliphatic rings. The molecule has 2 rings (SSSR count). The van der Waals surface area contributed by atoms with Crippen molar-refractivity contribution in [2.75, 3.05) is 7.11 Å². The van der Waals surface area contributed by atoms with Gasteiger partial charge in [0.2, 0.25) is 5.89 Å². The van der Waals surface area contributed by atoms with E-state index in [9.17, 15) is 4.79 Å². The molecule has 0 atom stereocenters. The van der Waals surface area contributed by atoms with Crippen molar-refractivity contribution in [3.8, 4) is 11.5 Å². The molecule has 0 saturated heterocycles. The number of aryl methyl sites for hydroxylation is 1. The van der Waals surface area contributed by atoms with Crippen LogP contribution in [0, 0.1) is 0 Å². The van der Waals surface area contributed by atoms with Crippen LogP contribution in [0.15, 0.2) is 28.7 Å². The highest BCUT2D eigenvalue weighted by Gasteiger charge is 2.15. The molecule has 0 amide bonds. The van der Waals surface area contributed by atoms with Gasteiger partial charge in [0.1, 0.15) is 0 Å². The van der Waals surface area contributed by atoms with E-state index in [1.165, 1.54) is 12.7 Å². The molecule has 0 N–H and O–H groups in total. The predicted octanol–water partition coefficient (Wildman–Crippen LogP) is 2.09. The Labute approximate surface area is 98.4 Å². The number of carbonyl (C=O) groups excluding carboxylic acids is 1. The summed E-state index contributed by atoms with van der Waals surface area (Å²) in [5.74, 6) is -0.455. The van der Waals surface area contributed by atoms with E-state index in [0.717, 1.165) is 12.0 Å². The fourth-order valence-electron chi connectivity index (χ4n) is 1.39. The summed E-state index contributed by atoms with van der Waals surface area (Å²) in [6.45, 7) is 2.08. The number of methoxy groups -OCH3 is 1. The lowest BCUT2D eigenvalue weighted by Crippen LogP contribution is -2.00. The molecule has 2 aromatic rings. The number of hydrogen-bond donors (Lipinski definition) is 0. The summed E-state index contributed by atoms with van der Waals surface area (Å²) in [6, 6.07) is 7.73. The third kappa shape index (κ3) is 2.33. The van der Waals surface area contributed by atoms with Gasteiger partial charge in [-0.25, -0.2) is 4.79 Å². The first-order valence-electron chi connectivity index (χ1n) is 5.25. The molecule has 17 heavy (non-hydrogen) atoms. The summed E-state index contributed by atoms with van der Waals surface area (Å²) in [6.07, 6.45) is 0.970. The molecular weight excluding hydrogens is 220 g/mol. The maximum absolute atomic E-state index is 11.1. The molecule has 5 nitrogen and oxygen atoms in total. The Kier molecular flexibility index (Phi) is 3.18. The summed E-state index contributed by atoms with van der Waals surface area (Å²) in [7, 11) is 1.27. The van der Waals surface area contributed by atoms with E-state index >= 15 is 0 Å². The molecule has 0 fully saturated rings. The molecule has 1 aromatic heterocycles. The van der Waals surface area contributed by atoms with Gasteiger partial charge in [-0.1, -0.05) is 19.1 Å². The second-order valence-corrected chi connectivity index (χ2v) is 3.45. The van der Waals surface area contributed by atoms with Gasteiger partial charge >= 0.3 is 11.9 Å². The maximum Gasteiger partial charge on any atom is 0.396 e. The van der Waals surface area contributed by atoms with Crippen LogP contribution in [0.5, 0.6) is 0 Å². The zero-order valence-electron chi connectivity index (χ0n) is 9.64. The molecule has 5 heteroatoms. The molecule has 0 unspecified atom stereocenters. The summed E-state index contributed by atoms with van der Waals surface area (Å²) in [5.41, 5.74) is 2.01. The molecule has 1 aromatic carbocycles. The van der Waals surface area contributed by atoms with Gasteiger partial charge in [-0.2, -0.15) is 0 Å². The molecule has 0 radical (unpaired) electrons. The third-order valence-corrected chi connectivity index (χ3v) is 2.39. The number of nitrogens with zero attached hydrogens (tertiary/aromatic N) is 2. The molecule has 0 spiro atoms. The average molecular weight is 232 g/mol. The lowest BCUT2D eigenvalue weighted by atomic mass is 10.1. The molecule has 0 aliphatic heterocycles. The first-order valence-corrected chi connectivity index (χ1v) is 5.25. The zero-order valence-corrected chi connectivity index (χ0v) is 9.64. The van der Waals surface area contributed by atoms with Crippen LogP contribution >= 0.6 is 0 Å². The Morgan fingerprint density at radius 2 is 2.00 bits per heavy atom. The maximum atomic E-state index is 11.1. The quantitative estimate of drug-likeness (QED) is 0.758. The van der Waals surface area contributed by atoms with Crippen molar-refractivity contribution in [1.82, 2.24) is 10.2 Å². The van der Waals surface area contributed by atoms with Gasteiger partial charge in [-0.15, -0.1) is 10.2 Å². The van der Waals surface area contributed by atoms with E-state index in [-0.39, 0.29) is 5.89 Å². The minimum Gasteiger partial charge on any atom is -0.462 e. The number of rotatable bonds is 3. The van der Waals surface area contributed by atoms with Crippen molar-refractivity contribution in [2.45, 2.75) is 13.3 Å². The summed E-state index contributed by atoms with van der Waals surface area (Å²) in [4.78, 5) is 11.1. The van der Waals surface area contributed by atoms with Gasteiger partial charge in [0.15, 0.2) is 0 Å². The minimum atomic E-state index is -0.631. The van der Waals surface area contributed by atoms with E-state index in [1.54, 1.807) is 0 Å². The van der Waals surface area contributed by atoms with E-state index < -0.39 is 5.97 Å². The standard InChI is InChI=1S/C12H12N2O3/c1-3-8-4-6-9(7-5-8)10-13-14-11(17-10)12(15)16-2/h4-7H,3H2,1-2H3. The predicted molar refractivity (Wildman–Crippen MR) is 60.5 cm³/mol. The highest BCUT2D eigenvalue weighted by Crippen LogP contribution is 2.18. The summed E-state index contributed by atoms with van der Waals surface area (Å²) >= 11 is 0. The van der Waals surface area contributed by atoms with Crippen molar-refractivity contribution in [3.05, 3.63) is 35.7 Å². The van der Waals surface area contributed by atoms with Crippen LogP contribution in [0.25, 0.3) is 11.5 Å². The van der Waals surface area contributed by atoms with Gasteiger partial charge in [-0.3, -0.25) is 0 Å². The Bertz CT molecular complexity index is 517. The number of benzene rings is 1. The van der Waals surface area contributed by atoms with Gasteiger partial charge in [-0.05, 0) is 24.1 Å². The van der Waals surface area contributed by atoms with E-state index in [0.29, 0.717) is 5.89 Å². The van der Waals surface area contributed by atoms with Crippen LogP contribution in [0.2, 0.25) is 0 Å². The van der Waals surface area contributed by atoms with Gasteiger partial charge in [0, 0.05) is 5.56 Å². The largest absolute Gasteiger partial charge is 0.462 e. The van der Waals surface area contributed by atoms with Crippen LogP contribution in [-0.2, 0) is 11.2 Å². The van der Waals surface area contributed by atoms with Gasteiger partial charge in [0.05, 0.1) is 7.11 Å². The molecule has 88 valence electrons. The van der Waals surface area contributed by atoms with Crippen molar-refractivity contribution in [3.63, 3.8) is 0 Å². The Morgan fingerprint density at radius 3 is 2.59 bits per heavy atom. The SMILES string of the molecule is CCc1ccc(-c2nnc(C(=O)OC)o2)cc1. The van der Waals surface area contributed by atoms with Gasteiger partial charge in [0.25, 0.3) is 0 Å². The first-order chi connectivity index (χ1) is 8.24. The van der Waals surface area contributed by atoms with Crippen LogP contribution in [0.3, 0.4) is 0 Å². The smallest absolute Gasteiger partial charge is 0.396 e. The highest BCUT2D eigenvalue weighted by molar-refractivity contribution is 5.84. The molecule has 0 bridgehead atoms. The van der Waals surface area contributed by atoms with Gasteiger partial charge < -0.3 is 9.15 Å². The number of esters is 1.